The highest BCUT2D eigenvalue weighted by molar-refractivity contribution is 7.99. The second-order valence-corrected chi connectivity index (χ2v) is 6.84. The topological polar surface area (TPSA) is 40.5 Å². The van der Waals surface area contributed by atoms with Crippen LogP contribution in [0.5, 0.6) is 11.5 Å². The third-order valence-corrected chi connectivity index (χ3v) is 5.18. The predicted octanol–water partition coefficient (Wildman–Crippen LogP) is 5.50. The van der Waals surface area contributed by atoms with E-state index in [1.165, 1.54) is 0 Å². The average Bonchev–Trinajstić information content (AvgIpc) is 2.57. The van der Waals surface area contributed by atoms with Crippen molar-refractivity contribution in [2.24, 2.45) is 0 Å². The molecule has 23 heavy (non-hydrogen) atoms. The van der Waals surface area contributed by atoms with Gasteiger partial charge in [-0.3, -0.25) is 0 Å². The van der Waals surface area contributed by atoms with E-state index < -0.39 is 0 Å². The Bertz CT molecular complexity index is 583. The second kappa shape index (κ2) is 7.78. The molecule has 0 saturated carbocycles. The molecule has 2 nitrogen and oxygen atoms in total. The molecule has 3 heteroatoms. The maximum Gasteiger partial charge on any atom is 0.122 e. The maximum atomic E-state index is 10.2. The SMILES string of the molecule is CCc1cc(Sc2cc(CC)c(O)c(CC)c2)cc(CC)c1O. The fraction of sp³-hybridized carbons (Fsp3) is 0.400. The lowest BCUT2D eigenvalue weighted by Crippen LogP contribution is -1.92. The lowest BCUT2D eigenvalue weighted by molar-refractivity contribution is 0.461. The Morgan fingerprint density at radius 3 is 1.09 bits per heavy atom. The van der Waals surface area contributed by atoms with Crippen LogP contribution in [-0.4, -0.2) is 10.2 Å². The highest BCUT2D eigenvalue weighted by atomic mass is 32.2. The van der Waals surface area contributed by atoms with Crippen LogP contribution in [0.3, 0.4) is 0 Å². The summed E-state index contributed by atoms with van der Waals surface area (Å²) in [5.74, 6) is 0.877. The number of rotatable bonds is 6. The largest absolute Gasteiger partial charge is 0.507 e. The third-order valence-electron chi connectivity index (χ3n) is 4.24. The molecule has 0 aliphatic carbocycles. The van der Waals surface area contributed by atoms with E-state index in [2.05, 4.69) is 52.0 Å². The fourth-order valence-electron chi connectivity index (χ4n) is 2.79. The van der Waals surface area contributed by atoms with Crippen molar-refractivity contribution in [1.29, 1.82) is 0 Å². The van der Waals surface area contributed by atoms with Crippen molar-refractivity contribution in [2.75, 3.05) is 0 Å². The molecule has 2 aromatic rings. The Balaban J connectivity index is 2.43. The van der Waals surface area contributed by atoms with E-state index in [1.807, 2.05) is 0 Å². The first-order chi connectivity index (χ1) is 11.0. The van der Waals surface area contributed by atoms with Gasteiger partial charge in [-0.2, -0.15) is 0 Å². The molecule has 0 heterocycles. The van der Waals surface area contributed by atoms with Crippen LogP contribution in [0.4, 0.5) is 0 Å². The van der Waals surface area contributed by atoms with Gasteiger partial charge in [-0.05, 0) is 72.2 Å². The van der Waals surface area contributed by atoms with Gasteiger partial charge < -0.3 is 10.2 Å². The summed E-state index contributed by atoms with van der Waals surface area (Å²) in [6.45, 7) is 8.25. The van der Waals surface area contributed by atoms with Gasteiger partial charge in [-0.25, -0.2) is 0 Å². The van der Waals surface area contributed by atoms with Crippen LogP contribution in [0.2, 0.25) is 0 Å². The zero-order chi connectivity index (χ0) is 17.0. The van der Waals surface area contributed by atoms with Crippen LogP contribution in [0, 0.1) is 0 Å². The Hall–Kier alpha value is -1.61. The zero-order valence-corrected chi connectivity index (χ0v) is 15.3. The Kier molecular flexibility index (Phi) is 6.00. The molecule has 0 aliphatic heterocycles. The van der Waals surface area contributed by atoms with E-state index in [4.69, 9.17) is 0 Å². The molecule has 0 aliphatic rings. The number of aromatic hydroxyl groups is 2. The number of hydrogen-bond acceptors (Lipinski definition) is 3. The van der Waals surface area contributed by atoms with E-state index in [1.54, 1.807) is 11.8 Å². The van der Waals surface area contributed by atoms with Gasteiger partial charge in [-0.1, -0.05) is 39.5 Å². The van der Waals surface area contributed by atoms with Crippen LogP contribution in [0.15, 0.2) is 34.1 Å². The van der Waals surface area contributed by atoms with E-state index in [9.17, 15) is 10.2 Å². The minimum atomic E-state index is 0.438. The van der Waals surface area contributed by atoms with Crippen molar-refractivity contribution in [3.05, 3.63) is 46.5 Å². The maximum absolute atomic E-state index is 10.2. The number of aryl methyl sites for hydroxylation is 4. The first-order valence-corrected chi connectivity index (χ1v) is 9.22. The van der Waals surface area contributed by atoms with E-state index in [-0.39, 0.29) is 0 Å². The third kappa shape index (κ3) is 3.84. The number of phenols is 2. The summed E-state index contributed by atoms with van der Waals surface area (Å²) < 4.78 is 0. The van der Waals surface area contributed by atoms with Crippen LogP contribution in [-0.2, 0) is 25.7 Å². The quantitative estimate of drug-likeness (QED) is 0.735. The molecule has 0 saturated heterocycles. The molecule has 2 N–H and O–H groups in total. The molecule has 0 amide bonds. The first kappa shape index (κ1) is 17.7. The molecular weight excluding hydrogens is 304 g/mol. The Morgan fingerprint density at radius 2 is 0.870 bits per heavy atom. The van der Waals surface area contributed by atoms with Crippen molar-refractivity contribution in [2.45, 2.75) is 63.2 Å². The molecule has 0 fully saturated rings. The lowest BCUT2D eigenvalue weighted by Gasteiger charge is -2.13. The van der Waals surface area contributed by atoms with Crippen LogP contribution in [0.1, 0.15) is 49.9 Å². The summed E-state index contributed by atoms with van der Waals surface area (Å²) in [6, 6.07) is 8.29. The summed E-state index contributed by atoms with van der Waals surface area (Å²) in [4.78, 5) is 2.29. The van der Waals surface area contributed by atoms with Gasteiger partial charge >= 0.3 is 0 Å². The molecule has 0 spiro atoms. The monoisotopic (exact) mass is 330 g/mol. The molecule has 0 atom stereocenters. The Labute approximate surface area is 143 Å². The summed E-state index contributed by atoms with van der Waals surface area (Å²) in [6.07, 6.45) is 3.29. The van der Waals surface area contributed by atoms with Gasteiger partial charge in [0.25, 0.3) is 0 Å². The standard InChI is InChI=1S/C20H26O2S/c1-5-13-9-17(10-14(6-2)19(13)21)23-18-11-15(7-3)20(22)16(8-4)12-18/h9-12,21-22H,5-8H2,1-4H3. The minimum Gasteiger partial charge on any atom is -0.507 e. The van der Waals surface area contributed by atoms with Gasteiger partial charge in [0.2, 0.25) is 0 Å². The van der Waals surface area contributed by atoms with Crippen molar-refractivity contribution in [3.63, 3.8) is 0 Å². The van der Waals surface area contributed by atoms with Crippen molar-refractivity contribution in [3.8, 4) is 11.5 Å². The van der Waals surface area contributed by atoms with Crippen LogP contribution >= 0.6 is 11.8 Å². The summed E-state index contributed by atoms with van der Waals surface area (Å²) >= 11 is 1.70. The highest BCUT2D eigenvalue weighted by Crippen LogP contribution is 2.37. The van der Waals surface area contributed by atoms with E-state index >= 15 is 0 Å². The highest BCUT2D eigenvalue weighted by Gasteiger charge is 2.12. The lowest BCUT2D eigenvalue weighted by atomic mass is 10.0. The molecule has 124 valence electrons. The normalized spacial score (nSPS) is 11.0. The van der Waals surface area contributed by atoms with Gasteiger partial charge in [0.15, 0.2) is 0 Å². The van der Waals surface area contributed by atoms with Gasteiger partial charge in [-0.15, -0.1) is 0 Å². The minimum absolute atomic E-state index is 0.438. The van der Waals surface area contributed by atoms with Gasteiger partial charge in [0.05, 0.1) is 0 Å². The van der Waals surface area contributed by atoms with Crippen molar-refractivity contribution >= 4 is 11.8 Å². The van der Waals surface area contributed by atoms with Crippen molar-refractivity contribution in [1.82, 2.24) is 0 Å². The summed E-state index contributed by atoms with van der Waals surface area (Å²) in [5, 5.41) is 20.5. The smallest absolute Gasteiger partial charge is 0.122 e. The van der Waals surface area contributed by atoms with Crippen molar-refractivity contribution < 1.29 is 10.2 Å². The van der Waals surface area contributed by atoms with Gasteiger partial charge in [0.1, 0.15) is 11.5 Å². The first-order valence-electron chi connectivity index (χ1n) is 8.41. The van der Waals surface area contributed by atoms with E-state index in [0.717, 1.165) is 57.7 Å². The van der Waals surface area contributed by atoms with Crippen LogP contribution < -0.4 is 0 Å². The van der Waals surface area contributed by atoms with Crippen LogP contribution in [0.25, 0.3) is 0 Å². The zero-order valence-electron chi connectivity index (χ0n) is 14.4. The number of phenolic OH excluding ortho intramolecular Hbond substituents is 2. The molecule has 0 unspecified atom stereocenters. The number of benzene rings is 2. The van der Waals surface area contributed by atoms with E-state index in [0.29, 0.717) is 11.5 Å². The molecule has 2 rings (SSSR count). The summed E-state index contributed by atoms with van der Waals surface area (Å²) in [5.41, 5.74) is 3.99. The second-order valence-electron chi connectivity index (χ2n) is 5.70. The van der Waals surface area contributed by atoms with Gasteiger partial charge in [0, 0.05) is 9.79 Å². The average molecular weight is 330 g/mol. The fourth-order valence-corrected chi connectivity index (χ4v) is 3.86. The Morgan fingerprint density at radius 1 is 0.609 bits per heavy atom. The number of hydrogen-bond donors (Lipinski definition) is 2. The molecule has 0 aromatic heterocycles. The molecule has 2 aromatic carbocycles. The molecule has 0 bridgehead atoms. The summed E-state index contributed by atoms with van der Waals surface area (Å²) in [7, 11) is 0. The molecular formula is C20H26O2S. The molecule has 0 radical (unpaired) electrons. The predicted molar refractivity (Wildman–Crippen MR) is 97.8 cm³/mol.